The van der Waals surface area contributed by atoms with E-state index < -0.39 is 129 Å². The van der Waals surface area contributed by atoms with E-state index in [-0.39, 0.29) is 36.3 Å². The van der Waals surface area contributed by atoms with E-state index in [1.807, 2.05) is 59.7 Å². The van der Waals surface area contributed by atoms with Crippen molar-refractivity contribution in [1.82, 2.24) is 5.32 Å². The first-order chi connectivity index (χ1) is 39.4. The van der Waals surface area contributed by atoms with Crippen LogP contribution in [0.1, 0.15) is 127 Å². The van der Waals surface area contributed by atoms with Crippen LogP contribution in [0.4, 0.5) is 0 Å². The molecule has 1 saturated heterocycles. The molecule has 83 heavy (non-hydrogen) atoms. The number of amides is 1. The smallest absolute Gasteiger partial charge is 0.338 e. The third kappa shape index (κ3) is 11.8. The molecule has 0 radical (unpaired) electrons. The van der Waals surface area contributed by atoms with Gasteiger partial charge in [-0.3, -0.25) is 19.2 Å². The van der Waals surface area contributed by atoms with Gasteiger partial charge in [0, 0.05) is 31.2 Å². The molecule has 2 saturated carbocycles. The van der Waals surface area contributed by atoms with Gasteiger partial charge in [0.1, 0.15) is 23.9 Å². The van der Waals surface area contributed by atoms with E-state index in [1.54, 1.807) is 101 Å². The number of esters is 4. The number of rotatable bonds is 25. The molecule has 12 atom stereocenters. The highest BCUT2D eigenvalue weighted by Crippen LogP contribution is 2.66. The van der Waals surface area contributed by atoms with E-state index in [2.05, 4.69) is 18.5 Å². The Labute approximate surface area is 492 Å². The van der Waals surface area contributed by atoms with Gasteiger partial charge in [0.05, 0.1) is 42.3 Å². The summed E-state index contributed by atoms with van der Waals surface area (Å²) in [5.41, 5.74) is -6.25. The number of aliphatic hydroxyl groups is 1. The van der Waals surface area contributed by atoms with E-state index >= 15 is 19.5 Å². The van der Waals surface area contributed by atoms with Crippen molar-refractivity contribution in [1.29, 1.82) is 0 Å². The van der Waals surface area contributed by atoms with Crippen LogP contribution >= 0.6 is 0 Å². The summed E-state index contributed by atoms with van der Waals surface area (Å²) in [5, 5.41) is 18.2. The number of carbonyl (C=O) groups is 6. The number of allylic oxidation sites excluding steroid dienone is 1. The maximum atomic E-state index is 16.9. The van der Waals surface area contributed by atoms with Crippen LogP contribution in [0.3, 0.4) is 0 Å². The lowest BCUT2D eigenvalue weighted by atomic mass is 9.44. The fraction of sp³-hybridized carbons (Fsp3) is 0.538. The van der Waals surface area contributed by atoms with Gasteiger partial charge in [0.15, 0.2) is 46.3 Å². The van der Waals surface area contributed by atoms with Gasteiger partial charge in [-0.05, 0) is 97.0 Å². The summed E-state index contributed by atoms with van der Waals surface area (Å²) in [4.78, 5) is 90.8. The molecule has 2 bridgehead atoms. The number of ketones is 1. The summed E-state index contributed by atoms with van der Waals surface area (Å²) in [5.74, 6) is -6.16. The van der Waals surface area contributed by atoms with E-state index in [0.29, 0.717) is 59.4 Å². The van der Waals surface area contributed by atoms with Crippen LogP contribution in [0.25, 0.3) is 0 Å². The molecule has 0 aromatic heterocycles. The van der Waals surface area contributed by atoms with Crippen molar-refractivity contribution in [2.24, 2.45) is 16.7 Å². The first-order valence-electron chi connectivity index (χ1n) is 29.5. The molecule has 3 aromatic carbocycles. The second-order valence-corrected chi connectivity index (χ2v) is 32.9. The molecule has 1 amide bonds. The molecule has 3 aromatic rings. The molecular weight excluding hydrogens is 1090 g/mol. The topological polar surface area (TPSA) is 209 Å². The minimum absolute atomic E-state index is 0.0435. The molecule has 16 nitrogen and oxygen atoms in total. The molecule has 2 N–H and O–H groups in total. The van der Waals surface area contributed by atoms with Gasteiger partial charge in [-0.1, -0.05) is 134 Å². The molecule has 3 aliphatic carbocycles. The number of hydrogen-bond acceptors (Lipinski definition) is 15. The van der Waals surface area contributed by atoms with Crippen LogP contribution in [0.5, 0.6) is 0 Å². The zero-order valence-corrected chi connectivity index (χ0v) is 52.6. The fourth-order valence-corrected chi connectivity index (χ4v) is 19.7. The molecule has 1 unspecified atom stereocenters. The lowest BCUT2D eigenvalue weighted by Crippen LogP contribution is -2.84. The van der Waals surface area contributed by atoms with Gasteiger partial charge in [-0.15, -0.1) is 13.2 Å². The third-order valence-corrected chi connectivity index (χ3v) is 28.3. The van der Waals surface area contributed by atoms with Crippen LogP contribution in [0, 0.1) is 16.7 Å². The van der Waals surface area contributed by atoms with Gasteiger partial charge < -0.3 is 47.7 Å². The number of carbonyl (C=O) groups excluding carboxylic acids is 6. The van der Waals surface area contributed by atoms with Gasteiger partial charge in [-0.2, -0.15) is 0 Å². The molecule has 3 fully saturated rings. The zero-order valence-electron chi connectivity index (χ0n) is 50.6. The molecule has 18 heteroatoms. The molecule has 450 valence electrons. The molecule has 7 rings (SSSR count). The Morgan fingerprint density at radius 3 is 1.90 bits per heavy atom. The Morgan fingerprint density at radius 1 is 0.771 bits per heavy atom. The second-order valence-electron chi connectivity index (χ2n) is 23.5. The normalized spacial score (nSPS) is 28.1. The second kappa shape index (κ2) is 26.2. The van der Waals surface area contributed by atoms with Gasteiger partial charge in [0.25, 0.3) is 5.91 Å². The van der Waals surface area contributed by atoms with Gasteiger partial charge in [-0.25, -0.2) is 9.59 Å². The standard InChI is InChI=1S/C65H87NO15Si2/c1-15-31-44-32-29-30-37-47(44)59(70)66-51(45-33-25-23-26-34-45)54(81-83(20-6,21-7)22-8)61(72)77-52-41(9)50-53(76-42(10)67)56(69)63(14)48(80-82(17-3,18-4)19-5)39-49-64(40-75-49,79-43(11)68)55(63)58(78-60(71)46-35-27-24-28-36-46)65(73,62(50,12)13)57(52)74-38-16-2/h15-16,23-30,32-37,48-49,51-55,57-58,73H,1-2,17-22,31,38-40H2,3-14H3,(H,66,70)/t48?,49-,51+,52-,53-,54-,55+,57+,58+,63-,64+,65-/m1/s1. The van der Waals surface area contributed by atoms with E-state index in [0.717, 1.165) is 0 Å². The minimum Gasteiger partial charge on any atom is -0.455 e. The lowest BCUT2D eigenvalue weighted by molar-refractivity contribution is -0.352. The predicted octanol–water partition coefficient (Wildman–Crippen LogP) is 10.7. The fourth-order valence-electron chi connectivity index (χ4n) is 14.0. The summed E-state index contributed by atoms with van der Waals surface area (Å²) in [6.45, 7) is 28.5. The monoisotopic (exact) mass is 1180 g/mol. The summed E-state index contributed by atoms with van der Waals surface area (Å²) < 4.78 is 54.7. The Hall–Kier alpha value is -5.87. The molecule has 1 aliphatic heterocycles. The van der Waals surface area contributed by atoms with E-state index in [4.69, 9.17) is 37.3 Å². The highest BCUT2D eigenvalue weighted by molar-refractivity contribution is 6.74. The van der Waals surface area contributed by atoms with Crippen molar-refractivity contribution < 1.29 is 71.1 Å². The number of benzene rings is 3. The summed E-state index contributed by atoms with van der Waals surface area (Å²) in [6.07, 6.45) is -7.09. The van der Waals surface area contributed by atoms with Gasteiger partial charge in [0.2, 0.25) is 0 Å². The van der Waals surface area contributed by atoms with Crippen LogP contribution in [-0.2, 0) is 62.9 Å². The summed E-state index contributed by atoms with van der Waals surface area (Å²) in [7, 11) is -5.60. The SMILES string of the molecule is C=CCO[C@H]1[C@H](OC(=O)[C@H](O[Si](CC)(CC)CC)[C@@H](NC(=O)c2ccccc2CC=C)c2ccccc2)C(C)=C2[C@@H](OC(C)=O)C(=O)[C@]3(C)C(O[Si](CC)(CC)CC)C[C@H]4OC[C@@]4(OC(C)=O)[C@H]3[C@H](OC(=O)c3ccccc3)[C@@]1(O)C2(C)C. The average molecular weight is 1180 g/mol. The maximum Gasteiger partial charge on any atom is 0.338 e. The van der Waals surface area contributed by atoms with Gasteiger partial charge >= 0.3 is 23.9 Å². The first kappa shape index (κ1) is 64.7. The Kier molecular flexibility index (Phi) is 20.4. The van der Waals surface area contributed by atoms with E-state index in [1.165, 1.54) is 19.9 Å². The summed E-state index contributed by atoms with van der Waals surface area (Å²) in [6, 6.07) is 26.8. The number of ether oxygens (including phenoxy) is 6. The molecular formula is C65H87NO15Si2. The van der Waals surface area contributed by atoms with Crippen molar-refractivity contribution >= 4 is 52.2 Å². The maximum absolute atomic E-state index is 16.9. The van der Waals surface area contributed by atoms with Crippen LogP contribution in [0.15, 0.2) is 121 Å². The number of hydrogen-bond donors (Lipinski definition) is 2. The van der Waals surface area contributed by atoms with Crippen LogP contribution in [0.2, 0.25) is 36.3 Å². The third-order valence-electron chi connectivity index (χ3n) is 19.1. The quantitative estimate of drug-likeness (QED) is 0.0350. The largest absolute Gasteiger partial charge is 0.455 e. The molecule has 0 spiro atoms. The highest BCUT2D eigenvalue weighted by atomic mass is 28.4. The Morgan fingerprint density at radius 2 is 1.36 bits per heavy atom. The van der Waals surface area contributed by atoms with Crippen molar-refractivity contribution in [3.8, 4) is 0 Å². The van der Waals surface area contributed by atoms with Crippen molar-refractivity contribution in [3.05, 3.63) is 144 Å². The average Bonchev–Trinajstić information content (AvgIpc) is 0.794. The molecule has 4 aliphatic rings. The Bertz CT molecular complexity index is 2890. The van der Waals surface area contributed by atoms with Crippen molar-refractivity contribution in [2.75, 3.05) is 13.2 Å². The van der Waals surface area contributed by atoms with Crippen LogP contribution < -0.4 is 5.32 Å². The minimum atomic E-state index is -2.87. The lowest BCUT2D eigenvalue weighted by Gasteiger charge is -2.69. The number of Topliss-reactive ketones (excluding diaryl/α,β-unsaturated/α-hetero) is 1. The van der Waals surface area contributed by atoms with E-state index in [9.17, 15) is 14.4 Å². The van der Waals surface area contributed by atoms with Crippen molar-refractivity contribution in [2.45, 2.75) is 192 Å². The zero-order chi connectivity index (χ0) is 60.9. The first-order valence-corrected chi connectivity index (χ1v) is 34.5. The Balaban J connectivity index is 1.56. The highest BCUT2D eigenvalue weighted by Gasteiger charge is 2.80. The number of fused-ring (bicyclic) bond motifs is 5. The predicted molar refractivity (Wildman–Crippen MR) is 319 cm³/mol. The van der Waals surface area contributed by atoms with Crippen molar-refractivity contribution in [3.63, 3.8) is 0 Å². The molecule has 1 heterocycles. The summed E-state index contributed by atoms with van der Waals surface area (Å²) >= 11 is 0. The number of nitrogens with one attached hydrogen (secondary N) is 1. The van der Waals surface area contributed by atoms with Crippen LogP contribution in [-0.4, -0.2) is 124 Å².